The molecule has 1 fully saturated rings. The summed E-state index contributed by atoms with van der Waals surface area (Å²) in [6.45, 7) is 7.77. The number of aryl methyl sites for hydroxylation is 3. The van der Waals surface area contributed by atoms with Gasteiger partial charge in [-0.05, 0) is 31.7 Å². The molecule has 152 valence electrons. The van der Waals surface area contributed by atoms with Crippen LogP contribution in [0.25, 0.3) is 10.6 Å². The summed E-state index contributed by atoms with van der Waals surface area (Å²) in [5.41, 5.74) is 3.22. The molecule has 6 heteroatoms. The summed E-state index contributed by atoms with van der Waals surface area (Å²) in [6.07, 6.45) is 7.95. The normalized spacial score (nSPS) is 16.9. The third kappa shape index (κ3) is 3.99. The van der Waals surface area contributed by atoms with E-state index in [2.05, 4.69) is 47.7 Å². The van der Waals surface area contributed by atoms with Gasteiger partial charge in [0.05, 0.1) is 11.7 Å². The first-order valence-corrected chi connectivity index (χ1v) is 11.3. The fourth-order valence-electron chi connectivity index (χ4n) is 4.06. The number of benzene rings is 1. The lowest BCUT2D eigenvalue weighted by molar-refractivity contribution is 0.0682. The van der Waals surface area contributed by atoms with Gasteiger partial charge in [0, 0.05) is 37.5 Å². The number of imidazole rings is 1. The summed E-state index contributed by atoms with van der Waals surface area (Å²) in [7, 11) is 0. The second-order valence-corrected chi connectivity index (χ2v) is 8.63. The van der Waals surface area contributed by atoms with Crippen molar-refractivity contribution in [3.05, 3.63) is 58.6 Å². The molecule has 2 aromatic heterocycles. The highest BCUT2D eigenvalue weighted by atomic mass is 32.1. The minimum Gasteiger partial charge on any atom is -0.336 e. The molecule has 1 amide bonds. The minimum absolute atomic E-state index is 0.110. The Morgan fingerprint density at radius 1 is 1.21 bits per heavy atom. The van der Waals surface area contributed by atoms with E-state index in [1.165, 1.54) is 16.9 Å². The number of likely N-dealkylation sites (tertiary alicyclic amines) is 1. The van der Waals surface area contributed by atoms with E-state index in [0.29, 0.717) is 6.04 Å². The Labute approximate surface area is 176 Å². The SMILES string of the molecule is CCc1ccc(-c2nc(C)c(C(=O)N3CCCC(n4ccnc4CC)C3)s2)cc1. The second kappa shape index (κ2) is 8.49. The Kier molecular flexibility index (Phi) is 5.81. The number of carbonyl (C=O) groups is 1. The standard InChI is InChI=1S/C23H28N4OS/c1-4-17-8-10-18(11-9-17)22-25-16(3)21(29-22)23(28)26-13-6-7-19(15-26)27-14-12-24-20(27)5-2/h8-12,14,19H,4-7,13,15H2,1-3H3. The molecule has 3 aromatic rings. The van der Waals surface area contributed by atoms with Crippen LogP contribution in [0.4, 0.5) is 0 Å². The summed E-state index contributed by atoms with van der Waals surface area (Å²) in [4.78, 5) is 25.2. The van der Waals surface area contributed by atoms with Crippen LogP contribution in [0.2, 0.25) is 0 Å². The van der Waals surface area contributed by atoms with E-state index < -0.39 is 0 Å². The van der Waals surface area contributed by atoms with Crippen LogP contribution in [0.15, 0.2) is 36.7 Å². The van der Waals surface area contributed by atoms with Crippen LogP contribution in [-0.2, 0) is 12.8 Å². The average Bonchev–Trinajstić information content (AvgIpc) is 3.40. The van der Waals surface area contributed by atoms with Crippen LogP contribution in [0, 0.1) is 6.92 Å². The van der Waals surface area contributed by atoms with Gasteiger partial charge >= 0.3 is 0 Å². The predicted molar refractivity (Wildman–Crippen MR) is 117 cm³/mol. The average molecular weight is 409 g/mol. The number of aromatic nitrogens is 3. The van der Waals surface area contributed by atoms with E-state index >= 15 is 0 Å². The molecule has 5 nitrogen and oxygen atoms in total. The summed E-state index contributed by atoms with van der Waals surface area (Å²) in [6, 6.07) is 8.79. The molecule has 29 heavy (non-hydrogen) atoms. The van der Waals surface area contributed by atoms with Crippen LogP contribution in [0.1, 0.15) is 59.5 Å². The molecule has 1 unspecified atom stereocenters. The summed E-state index contributed by atoms with van der Waals surface area (Å²) >= 11 is 1.51. The van der Waals surface area contributed by atoms with Gasteiger partial charge in [-0.3, -0.25) is 4.79 Å². The number of piperidine rings is 1. The van der Waals surface area contributed by atoms with E-state index in [9.17, 15) is 4.79 Å². The van der Waals surface area contributed by atoms with Crippen molar-refractivity contribution in [3.8, 4) is 10.6 Å². The van der Waals surface area contributed by atoms with Crippen molar-refractivity contribution in [3.63, 3.8) is 0 Å². The molecule has 0 saturated carbocycles. The lowest BCUT2D eigenvalue weighted by Gasteiger charge is -2.34. The van der Waals surface area contributed by atoms with Gasteiger partial charge in [-0.1, -0.05) is 38.1 Å². The summed E-state index contributed by atoms with van der Waals surface area (Å²) in [5, 5.41) is 0.921. The molecule has 1 aliphatic rings. The molecule has 1 aromatic carbocycles. The number of amides is 1. The Balaban J connectivity index is 1.54. The fourth-order valence-corrected chi connectivity index (χ4v) is 5.10. The van der Waals surface area contributed by atoms with Gasteiger partial charge < -0.3 is 9.47 Å². The molecular weight excluding hydrogens is 380 g/mol. The van der Waals surface area contributed by atoms with Crippen molar-refractivity contribution in [1.29, 1.82) is 0 Å². The predicted octanol–water partition coefficient (Wildman–Crippen LogP) is 4.92. The fraction of sp³-hybridized carbons (Fsp3) is 0.435. The first-order chi connectivity index (χ1) is 14.1. The lowest BCUT2D eigenvalue weighted by Crippen LogP contribution is -2.40. The molecule has 0 N–H and O–H groups in total. The Bertz CT molecular complexity index is 989. The zero-order valence-electron chi connectivity index (χ0n) is 17.4. The zero-order valence-corrected chi connectivity index (χ0v) is 18.2. The first-order valence-electron chi connectivity index (χ1n) is 10.5. The number of rotatable bonds is 5. The number of carbonyl (C=O) groups excluding carboxylic acids is 1. The second-order valence-electron chi connectivity index (χ2n) is 7.64. The molecule has 0 radical (unpaired) electrons. The topological polar surface area (TPSA) is 51.0 Å². The molecule has 1 atom stereocenters. The number of nitrogens with zero attached hydrogens (tertiary/aromatic N) is 4. The maximum atomic E-state index is 13.3. The molecule has 0 bridgehead atoms. The van der Waals surface area contributed by atoms with E-state index in [-0.39, 0.29) is 5.91 Å². The van der Waals surface area contributed by atoms with E-state index in [1.807, 2.05) is 24.2 Å². The molecular formula is C23H28N4OS. The Hall–Kier alpha value is -2.47. The number of thiazole rings is 1. The van der Waals surface area contributed by atoms with Gasteiger partial charge in [0.1, 0.15) is 15.7 Å². The maximum Gasteiger partial charge on any atom is 0.265 e. The number of hydrogen-bond acceptors (Lipinski definition) is 4. The van der Waals surface area contributed by atoms with Gasteiger partial charge in [-0.25, -0.2) is 9.97 Å². The van der Waals surface area contributed by atoms with Gasteiger partial charge in [-0.2, -0.15) is 0 Å². The molecule has 3 heterocycles. The maximum absolute atomic E-state index is 13.3. The first kappa shape index (κ1) is 19.8. The Morgan fingerprint density at radius 3 is 2.72 bits per heavy atom. The van der Waals surface area contributed by atoms with Crippen molar-refractivity contribution in [2.24, 2.45) is 0 Å². The van der Waals surface area contributed by atoms with Gasteiger partial charge in [0.2, 0.25) is 0 Å². The zero-order chi connectivity index (χ0) is 20.4. The summed E-state index contributed by atoms with van der Waals surface area (Å²) < 4.78 is 2.25. The molecule has 0 spiro atoms. The van der Waals surface area contributed by atoms with Crippen molar-refractivity contribution in [2.45, 2.75) is 52.5 Å². The van der Waals surface area contributed by atoms with Crippen molar-refractivity contribution in [2.75, 3.05) is 13.1 Å². The largest absolute Gasteiger partial charge is 0.336 e. The van der Waals surface area contributed by atoms with Crippen LogP contribution >= 0.6 is 11.3 Å². The van der Waals surface area contributed by atoms with Crippen LogP contribution in [-0.4, -0.2) is 38.4 Å². The van der Waals surface area contributed by atoms with Crippen LogP contribution < -0.4 is 0 Å². The van der Waals surface area contributed by atoms with Gasteiger partial charge in [-0.15, -0.1) is 11.3 Å². The minimum atomic E-state index is 0.110. The highest BCUT2D eigenvalue weighted by molar-refractivity contribution is 7.17. The van der Waals surface area contributed by atoms with Gasteiger partial charge in [0.25, 0.3) is 5.91 Å². The van der Waals surface area contributed by atoms with Crippen molar-refractivity contribution in [1.82, 2.24) is 19.4 Å². The van der Waals surface area contributed by atoms with E-state index in [1.54, 1.807) is 0 Å². The highest BCUT2D eigenvalue weighted by Crippen LogP contribution is 2.31. The third-order valence-corrected chi connectivity index (χ3v) is 6.94. The number of hydrogen-bond donors (Lipinski definition) is 0. The Morgan fingerprint density at radius 2 is 2.00 bits per heavy atom. The van der Waals surface area contributed by atoms with Crippen LogP contribution in [0.5, 0.6) is 0 Å². The van der Waals surface area contributed by atoms with E-state index in [4.69, 9.17) is 4.98 Å². The smallest absolute Gasteiger partial charge is 0.265 e. The summed E-state index contributed by atoms with van der Waals surface area (Å²) in [5.74, 6) is 1.20. The molecule has 1 saturated heterocycles. The lowest BCUT2D eigenvalue weighted by atomic mass is 10.0. The monoisotopic (exact) mass is 408 g/mol. The molecule has 4 rings (SSSR count). The quantitative estimate of drug-likeness (QED) is 0.602. The molecule has 1 aliphatic heterocycles. The van der Waals surface area contributed by atoms with Crippen molar-refractivity contribution < 1.29 is 4.79 Å². The highest BCUT2D eigenvalue weighted by Gasteiger charge is 2.28. The van der Waals surface area contributed by atoms with Gasteiger partial charge in [0.15, 0.2) is 0 Å². The van der Waals surface area contributed by atoms with E-state index in [0.717, 1.165) is 65.7 Å². The third-order valence-electron chi connectivity index (χ3n) is 5.74. The molecule has 0 aliphatic carbocycles. The van der Waals surface area contributed by atoms with Crippen molar-refractivity contribution >= 4 is 17.2 Å². The van der Waals surface area contributed by atoms with Crippen LogP contribution in [0.3, 0.4) is 0 Å².